The molecule has 0 aliphatic heterocycles. The molecule has 0 spiro atoms. The fraction of sp³-hybridized carbons (Fsp3) is 0.160. The molecule has 1 amide bonds. The van der Waals surface area contributed by atoms with E-state index in [9.17, 15) is 4.79 Å². The molecule has 160 valence electrons. The molecular weight excluding hydrogens is 404 g/mol. The molecule has 2 heterocycles. The van der Waals surface area contributed by atoms with Crippen molar-refractivity contribution in [3.05, 3.63) is 66.7 Å². The van der Waals surface area contributed by atoms with Crippen LogP contribution >= 0.6 is 0 Å². The highest BCUT2D eigenvalue weighted by Crippen LogP contribution is 2.30. The van der Waals surface area contributed by atoms with Gasteiger partial charge in [-0.1, -0.05) is 30.3 Å². The molecule has 0 unspecified atom stereocenters. The lowest BCUT2D eigenvalue weighted by Crippen LogP contribution is -2.14. The molecule has 0 radical (unpaired) electrons. The van der Waals surface area contributed by atoms with Crippen LogP contribution in [0.4, 0.5) is 5.69 Å². The van der Waals surface area contributed by atoms with Gasteiger partial charge in [-0.05, 0) is 30.3 Å². The number of carbonyl (C=O) groups is 1. The van der Waals surface area contributed by atoms with Gasteiger partial charge in [0.25, 0.3) is 0 Å². The van der Waals surface area contributed by atoms with Crippen LogP contribution in [0.1, 0.15) is 6.42 Å². The van der Waals surface area contributed by atoms with E-state index >= 15 is 0 Å². The number of anilines is 1. The van der Waals surface area contributed by atoms with Crippen LogP contribution in [0.5, 0.6) is 11.5 Å². The molecule has 0 saturated carbocycles. The maximum absolute atomic E-state index is 12.7. The van der Waals surface area contributed by atoms with Crippen molar-refractivity contribution in [3.8, 4) is 11.5 Å². The largest absolute Gasteiger partial charge is 0.493 e. The molecule has 0 saturated heterocycles. The Morgan fingerprint density at radius 3 is 2.41 bits per heavy atom. The van der Waals surface area contributed by atoms with E-state index in [0.717, 1.165) is 33.1 Å². The van der Waals surface area contributed by atoms with Gasteiger partial charge in [0.05, 0.1) is 30.8 Å². The lowest BCUT2D eigenvalue weighted by molar-refractivity contribution is -0.116. The summed E-state index contributed by atoms with van der Waals surface area (Å²) < 4.78 is 12.6. The van der Waals surface area contributed by atoms with Crippen molar-refractivity contribution in [1.82, 2.24) is 14.5 Å². The number of hydrogen-bond acceptors (Lipinski definition) is 5. The Morgan fingerprint density at radius 1 is 0.906 bits per heavy atom. The number of benzene rings is 3. The average molecular weight is 426 g/mol. The van der Waals surface area contributed by atoms with Crippen LogP contribution < -0.4 is 14.8 Å². The predicted molar refractivity (Wildman–Crippen MR) is 125 cm³/mol. The highest BCUT2D eigenvalue weighted by atomic mass is 16.5. The van der Waals surface area contributed by atoms with Gasteiger partial charge in [0.15, 0.2) is 17.1 Å². The SMILES string of the molecule is COc1ccc(NC(=O)CCn2c3ccccc3c3nc4ccccc4nc32)cc1OC. The molecule has 3 aromatic carbocycles. The van der Waals surface area contributed by atoms with E-state index in [1.54, 1.807) is 32.4 Å². The Hall–Kier alpha value is -4.13. The van der Waals surface area contributed by atoms with E-state index in [2.05, 4.69) is 9.88 Å². The summed E-state index contributed by atoms with van der Waals surface area (Å²) in [5.74, 6) is 1.08. The van der Waals surface area contributed by atoms with Crippen molar-refractivity contribution in [2.24, 2.45) is 0 Å². The molecule has 0 aliphatic rings. The zero-order valence-corrected chi connectivity index (χ0v) is 17.8. The van der Waals surface area contributed by atoms with Gasteiger partial charge < -0.3 is 19.4 Å². The Bertz CT molecular complexity index is 1460. The Kier molecular flexibility index (Phi) is 5.07. The molecule has 2 aromatic heterocycles. The van der Waals surface area contributed by atoms with Gasteiger partial charge in [-0.3, -0.25) is 4.79 Å². The average Bonchev–Trinajstić information content (AvgIpc) is 3.13. The number of hydrogen-bond donors (Lipinski definition) is 1. The first-order chi connectivity index (χ1) is 15.7. The first-order valence-electron chi connectivity index (χ1n) is 10.3. The van der Waals surface area contributed by atoms with Gasteiger partial charge in [-0.15, -0.1) is 0 Å². The van der Waals surface area contributed by atoms with Crippen molar-refractivity contribution in [1.29, 1.82) is 0 Å². The van der Waals surface area contributed by atoms with Gasteiger partial charge in [-0.25, -0.2) is 9.97 Å². The third-order valence-electron chi connectivity index (χ3n) is 5.49. The van der Waals surface area contributed by atoms with Crippen molar-refractivity contribution in [2.75, 3.05) is 19.5 Å². The summed E-state index contributed by atoms with van der Waals surface area (Å²) in [5.41, 5.74) is 4.98. The molecule has 1 N–H and O–H groups in total. The van der Waals surface area contributed by atoms with E-state index in [0.29, 0.717) is 23.7 Å². The van der Waals surface area contributed by atoms with Gasteiger partial charge in [0, 0.05) is 30.1 Å². The number of rotatable bonds is 6. The van der Waals surface area contributed by atoms with Crippen LogP contribution in [0, 0.1) is 0 Å². The van der Waals surface area contributed by atoms with E-state index in [4.69, 9.17) is 19.4 Å². The number of amides is 1. The third kappa shape index (κ3) is 3.47. The summed E-state index contributed by atoms with van der Waals surface area (Å²) in [6.45, 7) is 0.482. The van der Waals surface area contributed by atoms with Crippen LogP contribution in [0.3, 0.4) is 0 Å². The Labute approximate surface area is 184 Å². The smallest absolute Gasteiger partial charge is 0.226 e. The third-order valence-corrected chi connectivity index (χ3v) is 5.49. The van der Waals surface area contributed by atoms with Crippen molar-refractivity contribution in [3.63, 3.8) is 0 Å². The molecule has 5 aromatic rings. The zero-order chi connectivity index (χ0) is 22.1. The second kappa shape index (κ2) is 8.19. The lowest BCUT2D eigenvalue weighted by Gasteiger charge is -2.11. The molecule has 7 heteroatoms. The second-order valence-corrected chi connectivity index (χ2v) is 7.42. The zero-order valence-electron chi connectivity index (χ0n) is 17.8. The van der Waals surface area contributed by atoms with Crippen LogP contribution in [0.25, 0.3) is 33.1 Å². The topological polar surface area (TPSA) is 78.3 Å². The molecular formula is C25H22N4O3. The second-order valence-electron chi connectivity index (χ2n) is 7.42. The number of nitrogens with zero attached hydrogens (tertiary/aromatic N) is 3. The van der Waals surface area contributed by atoms with E-state index in [-0.39, 0.29) is 12.3 Å². The van der Waals surface area contributed by atoms with Crippen molar-refractivity contribution < 1.29 is 14.3 Å². The number of para-hydroxylation sites is 3. The monoisotopic (exact) mass is 426 g/mol. The maximum atomic E-state index is 12.7. The fourth-order valence-corrected chi connectivity index (χ4v) is 3.96. The number of nitrogens with one attached hydrogen (secondary N) is 1. The molecule has 5 rings (SSSR count). The summed E-state index contributed by atoms with van der Waals surface area (Å²) in [6, 6.07) is 21.2. The Balaban J connectivity index is 1.44. The minimum atomic E-state index is -0.100. The summed E-state index contributed by atoms with van der Waals surface area (Å²) >= 11 is 0. The number of aryl methyl sites for hydroxylation is 1. The number of methoxy groups -OCH3 is 2. The summed E-state index contributed by atoms with van der Waals surface area (Å²) in [6.07, 6.45) is 0.288. The van der Waals surface area contributed by atoms with Gasteiger partial charge in [0.1, 0.15) is 5.52 Å². The first-order valence-corrected chi connectivity index (χ1v) is 10.3. The standard InChI is InChI=1S/C25H22N4O3/c1-31-21-12-11-16(15-22(21)32-2)26-23(30)13-14-29-20-10-6-3-7-17(20)24-25(29)28-19-9-5-4-8-18(19)27-24/h3-12,15H,13-14H2,1-2H3,(H,26,30). The number of fused-ring (bicyclic) bond motifs is 4. The maximum Gasteiger partial charge on any atom is 0.226 e. The number of ether oxygens (including phenoxy) is 2. The summed E-state index contributed by atoms with van der Waals surface area (Å²) in [4.78, 5) is 22.4. The Morgan fingerprint density at radius 2 is 1.62 bits per heavy atom. The van der Waals surface area contributed by atoms with Gasteiger partial charge in [-0.2, -0.15) is 0 Å². The first kappa shape index (κ1) is 19.8. The number of aromatic nitrogens is 3. The van der Waals surface area contributed by atoms with E-state index < -0.39 is 0 Å². The molecule has 0 aliphatic carbocycles. The highest BCUT2D eigenvalue weighted by Gasteiger charge is 2.15. The quantitative estimate of drug-likeness (QED) is 0.423. The van der Waals surface area contributed by atoms with Crippen LogP contribution in [0.2, 0.25) is 0 Å². The highest BCUT2D eigenvalue weighted by molar-refractivity contribution is 6.06. The fourth-order valence-electron chi connectivity index (χ4n) is 3.96. The molecule has 0 atom stereocenters. The molecule has 32 heavy (non-hydrogen) atoms. The van der Waals surface area contributed by atoms with Crippen LogP contribution in [-0.4, -0.2) is 34.7 Å². The molecule has 0 bridgehead atoms. The molecule has 0 fully saturated rings. The summed E-state index contributed by atoms with van der Waals surface area (Å²) in [7, 11) is 3.14. The lowest BCUT2D eigenvalue weighted by atomic mass is 10.2. The van der Waals surface area contributed by atoms with Crippen molar-refractivity contribution in [2.45, 2.75) is 13.0 Å². The van der Waals surface area contributed by atoms with E-state index in [1.807, 2.05) is 48.5 Å². The predicted octanol–water partition coefficient (Wildman–Crippen LogP) is 4.78. The minimum Gasteiger partial charge on any atom is -0.493 e. The number of carbonyl (C=O) groups excluding carboxylic acids is 1. The molecule has 7 nitrogen and oxygen atoms in total. The van der Waals surface area contributed by atoms with Gasteiger partial charge >= 0.3 is 0 Å². The summed E-state index contributed by atoms with van der Waals surface area (Å²) in [5, 5.41) is 3.96. The van der Waals surface area contributed by atoms with E-state index in [1.165, 1.54) is 0 Å². The van der Waals surface area contributed by atoms with Gasteiger partial charge in [0.2, 0.25) is 5.91 Å². The van der Waals surface area contributed by atoms with Crippen molar-refractivity contribution >= 4 is 44.7 Å². The minimum absolute atomic E-state index is 0.100. The van der Waals surface area contributed by atoms with Crippen LogP contribution in [0.15, 0.2) is 66.7 Å². The van der Waals surface area contributed by atoms with Crippen LogP contribution in [-0.2, 0) is 11.3 Å². The normalized spacial score (nSPS) is 11.2.